The van der Waals surface area contributed by atoms with Crippen molar-refractivity contribution in [1.29, 1.82) is 0 Å². The van der Waals surface area contributed by atoms with Crippen molar-refractivity contribution in [1.82, 2.24) is 5.32 Å². The molecule has 0 aromatic heterocycles. The second kappa shape index (κ2) is 14.1. The lowest BCUT2D eigenvalue weighted by atomic mass is 9.95. The maximum absolute atomic E-state index is 13.0. The van der Waals surface area contributed by atoms with Crippen LogP contribution in [-0.2, 0) is 9.59 Å². The van der Waals surface area contributed by atoms with Gasteiger partial charge in [0.05, 0.1) is 27.2 Å². The summed E-state index contributed by atoms with van der Waals surface area (Å²) >= 11 is 12.8. The van der Waals surface area contributed by atoms with Crippen LogP contribution in [0.25, 0.3) is 11.1 Å². The van der Waals surface area contributed by atoms with Crippen molar-refractivity contribution in [2.75, 3.05) is 6.54 Å². The van der Waals surface area contributed by atoms with E-state index in [0.717, 1.165) is 5.56 Å². The molecule has 0 aliphatic heterocycles. The number of ketones is 2. The lowest BCUT2D eigenvalue weighted by molar-refractivity contribution is -0.141. The molecule has 41 heavy (non-hydrogen) atoms. The molecule has 0 aliphatic carbocycles. The highest BCUT2D eigenvalue weighted by Crippen LogP contribution is 2.33. The van der Waals surface area contributed by atoms with Gasteiger partial charge in [-0.3, -0.25) is 19.2 Å². The number of amides is 1. The maximum atomic E-state index is 13.0. The van der Waals surface area contributed by atoms with Gasteiger partial charge in [0.2, 0.25) is 5.91 Å². The number of nitrogens with two attached hydrogens (primary N) is 2. The summed E-state index contributed by atoms with van der Waals surface area (Å²) in [5.74, 6) is -1.63. The normalized spacial score (nSPS) is 11.1. The molecule has 0 radical (unpaired) electrons. The predicted molar refractivity (Wildman–Crippen MR) is 158 cm³/mol. The molecular weight excluding hydrogens is 567 g/mol. The Kier molecular flexibility index (Phi) is 10.6. The second-order valence-corrected chi connectivity index (χ2v) is 9.83. The van der Waals surface area contributed by atoms with Crippen LogP contribution in [0.2, 0.25) is 10.0 Å². The summed E-state index contributed by atoms with van der Waals surface area (Å²) in [6.45, 7) is -0.333. The van der Waals surface area contributed by atoms with Gasteiger partial charge in [-0.15, -0.1) is 6.42 Å². The average molecular weight is 593 g/mol. The van der Waals surface area contributed by atoms with Crippen LogP contribution in [0, 0.1) is 18.3 Å². The number of hydrogen-bond acceptors (Lipinski definition) is 5. The zero-order chi connectivity index (χ0) is 30.1. The quantitative estimate of drug-likeness (QED) is 0.103. The Bertz CT molecular complexity index is 1550. The number of rotatable bonds is 12. The monoisotopic (exact) mass is 592 g/mol. The molecule has 0 aliphatic rings. The molecule has 0 fully saturated rings. The molecule has 1 atom stereocenters. The Morgan fingerprint density at radius 2 is 1.61 bits per heavy atom. The number of guanidine groups is 1. The van der Waals surface area contributed by atoms with E-state index < -0.39 is 30.0 Å². The molecular formula is C30H26Cl2N4O5. The highest BCUT2D eigenvalue weighted by atomic mass is 35.5. The summed E-state index contributed by atoms with van der Waals surface area (Å²) in [6.07, 6.45) is 4.68. The molecule has 3 aromatic rings. The van der Waals surface area contributed by atoms with Gasteiger partial charge in [-0.1, -0.05) is 53.4 Å². The first kappa shape index (κ1) is 30.9. The van der Waals surface area contributed by atoms with Gasteiger partial charge < -0.3 is 21.9 Å². The maximum Gasteiger partial charge on any atom is 0.308 e. The molecule has 1 amide bonds. The van der Waals surface area contributed by atoms with Crippen molar-refractivity contribution >= 4 is 58.3 Å². The molecule has 0 unspecified atom stereocenters. The van der Waals surface area contributed by atoms with E-state index in [2.05, 4.69) is 16.2 Å². The van der Waals surface area contributed by atoms with E-state index in [1.54, 1.807) is 48.5 Å². The van der Waals surface area contributed by atoms with Crippen LogP contribution < -0.4 is 16.8 Å². The predicted octanol–water partition coefficient (Wildman–Crippen LogP) is 4.60. The second-order valence-electron chi connectivity index (χ2n) is 9.02. The minimum atomic E-state index is -1.29. The number of nitrogens with zero attached hydrogens (tertiary/aromatic N) is 1. The van der Waals surface area contributed by atoms with Gasteiger partial charge in [-0.05, 0) is 47.5 Å². The molecule has 9 nitrogen and oxygen atoms in total. The lowest BCUT2D eigenvalue weighted by Gasteiger charge is -2.15. The van der Waals surface area contributed by atoms with Gasteiger partial charge in [0.15, 0.2) is 17.5 Å². The number of nitrogens with one attached hydrogen (secondary N) is 1. The minimum Gasteiger partial charge on any atom is -0.481 e. The first-order valence-electron chi connectivity index (χ1n) is 12.3. The molecule has 3 aromatic carbocycles. The highest BCUT2D eigenvalue weighted by Gasteiger charge is 2.26. The number of hydrogen-bond donors (Lipinski definition) is 4. The number of terminal acetylenes is 1. The lowest BCUT2D eigenvalue weighted by Crippen LogP contribution is -2.34. The Balaban J connectivity index is 1.61. The number of carboxylic acid groups (broad SMARTS) is 1. The first-order chi connectivity index (χ1) is 19.5. The fourth-order valence-electron chi connectivity index (χ4n) is 3.96. The van der Waals surface area contributed by atoms with E-state index >= 15 is 0 Å². The van der Waals surface area contributed by atoms with Crippen molar-refractivity contribution in [2.45, 2.75) is 19.3 Å². The molecule has 6 N–H and O–H groups in total. The number of aliphatic imine (C=N–C) groups is 1. The summed E-state index contributed by atoms with van der Waals surface area (Å²) < 4.78 is 0. The molecule has 0 heterocycles. The Labute approximate surface area is 246 Å². The fourth-order valence-corrected chi connectivity index (χ4v) is 4.66. The van der Waals surface area contributed by atoms with E-state index in [1.807, 2.05) is 6.07 Å². The average Bonchev–Trinajstić information content (AvgIpc) is 2.93. The Morgan fingerprint density at radius 3 is 2.24 bits per heavy atom. The van der Waals surface area contributed by atoms with E-state index in [1.165, 1.54) is 6.07 Å². The summed E-state index contributed by atoms with van der Waals surface area (Å²) in [4.78, 5) is 53.6. The SMILES string of the molecule is C#Cc1cccc(-c2cc(Cl)c(C(=O)C[C@@H](CNC(=O)CCC(=O)c3cccc(N=C(N)N)c3)C(=O)O)c(Cl)c2)c1. The third kappa shape index (κ3) is 8.67. The number of carboxylic acids is 1. The van der Waals surface area contributed by atoms with E-state index in [4.69, 9.17) is 41.1 Å². The van der Waals surface area contributed by atoms with E-state index in [9.17, 15) is 24.3 Å². The van der Waals surface area contributed by atoms with Gasteiger partial charge >= 0.3 is 5.97 Å². The Morgan fingerprint density at radius 1 is 0.927 bits per heavy atom. The van der Waals surface area contributed by atoms with Gasteiger partial charge in [0.25, 0.3) is 0 Å². The number of Topliss-reactive ketones (excluding diaryl/α,β-unsaturated/α-hetero) is 2. The number of halogens is 2. The van der Waals surface area contributed by atoms with Crippen LogP contribution in [0.15, 0.2) is 65.7 Å². The molecule has 3 rings (SSSR count). The minimum absolute atomic E-state index is 0.0173. The third-order valence-corrected chi connectivity index (χ3v) is 6.61. The van der Waals surface area contributed by atoms with Crippen molar-refractivity contribution < 1.29 is 24.3 Å². The zero-order valence-electron chi connectivity index (χ0n) is 21.7. The zero-order valence-corrected chi connectivity index (χ0v) is 23.2. The van der Waals surface area contributed by atoms with Gasteiger partial charge in [-0.25, -0.2) is 4.99 Å². The smallest absolute Gasteiger partial charge is 0.308 e. The highest BCUT2D eigenvalue weighted by molar-refractivity contribution is 6.40. The molecule has 0 bridgehead atoms. The number of carbonyl (C=O) groups excluding carboxylic acids is 3. The molecule has 0 saturated carbocycles. The first-order valence-corrected chi connectivity index (χ1v) is 13.1. The largest absolute Gasteiger partial charge is 0.481 e. The third-order valence-electron chi connectivity index (χ3n) is 6.02. The molecule has 0 saturated heterocycles. The van der Waals surface area contributed by atoms with Crippen molar-refractivity contribution in [3.05, 3.63) is 87.4 Å². The van der Waals surface area contributed by atoms with Crippen LogP contribution in [-0.4, -0.2) is 41.1 Å². The number of aliphatic carboxylic acids is 1. The van der Waals surface area contributed by atoms with Crippen molar-refractivity contribution in [3.8, 4) is 23.5 Å². The van der Waals surface area contributed by atoms with Gasteiger partial charge in [-0.2, -0.15) is 0 Å². The van der Waals surface area contributed by atoms with Crippen molar-refractivity contribution in [3.63, 3.8) is 0 Å². The van der Waals surface area contributed by atoms with Crippen LogP contribution in [0.5, 0.6) is 0 Å². The summed E-state index contributed by atoms with van der Waals surface area (Å²) in [6, 6.07) is 16.5. The van der Waals surface area contributed by atoms with Crippen LogP contribution in [0.1, 0.15) is 45.5 Å². The Hall–Kier alpha value is -4.65. The fraction of sp³-hybridized carbons (Fsp3) is 0.167. The topological polar surface area (TPSA) is 165 Å². The van der Waals surface area contributed by atoms with Crippen LogP contribution in [0.4, 0.5) is 5.69 Å². The van der Waals surface area contributed by atoms with Crippen LogP contribution >= 0.6 is 23.2 Å². The van der Waals surface area contributed by atoms with Gasteiger partial charge in [0, 0.05) is 36.9 Å². The molecule has 0 spiro atoms. The van der Waals surface area contributed by atoms with Crippen LogP contribution in [0.3, 0.4) is 0 Å². The van der Waals surface area contributed by atoms with E-state index in [-0.39, 0.29) is 46.7 Å². The van der Waals surface area contributed by atoms with E-state index in [0.29, 0.717) is 22.4 Å². The molecule has 11 heteroatoms. The summed E-state index contributed by atoms with van der Waals surface area (Å²) in [7, 11) is 0. The van der Waals surface area contributed by atoms with Gasteiger partial charge in [0.1, 0.15) is 0 Å². The number of benzene rings is 3. The standard InChI is InChI=1S/C30H26Cl2N4O5/c1-2-17-5-3-6-18(11-17)20-13-23(31)28(24(32)14-20)26(38)15-21(29(40)41)16-35-27(39)10-9-25(37)19-7-4-8-22(12-19)36-30(33)34/h1,3-8,11-14,21H,9-10,15-16H2,(H,35,39)(H,40,41)(H4,33,34,36)/t21-/m0/s1. The number of carbonyl (C=O) groups is 4. The summed E-state index contributed by atoms with van der Waals surface area (Å²) in [5.41, 5.74) is 13.4. The molecule has 210 valence electrons. The van der Waals surface area contributed by atoms with Crippen molar-refractivity contribution in [2.24, 2.45) is 22.4 Å². The summed E-state index contributed by atoms with van der Waals surface area (Å²) in [5, 5.41) is 12.2.